The van der Waals surface area contributed by atoms with Crippen molar-refractivity contribution in [1.29, 1.82) is 0 Å². The molecule has 0 aliphatic carbocycles. The number of pyridine rings is 2. The molecule has 1 N–H and O–H groups in total. The maximum Gasteiger partial charge on any atom is 0.259 e. The van der Waals surface area contributed by atoms with E-state index in [4.69, 9.17) is 21.1 Å². The normalized spacial score (nSPS) is 11.9. The van der Waals surface area contributed by atoms with E-state index in [1.54, 1.807) is 19.2 Å². The number of ether oxygens (including phenoxy) is 2. The summed E-state index contributed by atoms with van der Waals surface area (Å²) in [5, 5.41) is 12.1. The van der Waals surface area contributed by atoms with Gasteiger partial charge in [0.1, 0.15) is 22.0 Å². The van der Waals surface area contributed by atoms with Crippen LogP contribution in [0.2, 0.25) is 5.15 Å². The highest BCUT2D eigenvalue weighted by Crippen LogP contribution is 2.34. The van der Waals surface area contributed by atoms with Gasteiger partial charge in [-0.3, -0.25) is 15.1 Å². The summed E-state index contributed by atoms with van der Waals surface area (Å²) in [5.74, 6) is 0.126. The Labute approximate surface area is 170 Å². The molecule has 3 aromatic rings. The third-order valence-corrected chi connectivity index (χ3v) is 5.20. The Kier molecular flexibility index (Phi) is 6.18. The van der Waals surface area contributed by atoms with Crippen LogP contribution < -0.4 is 10.1 Å². The van der Waals surface area contributed by atoms with Gasteiger partial charge in [-0.1, -0.05) is 22.9 Å². The number of carbonyl (C=O) groups is 1. The molecule has 0 bridgehead atoms. The number of hydrogen-bond acceptors (Lipinski definition) is 8. The Bertz CT molecular complexity index is 1010. The number of aryl methyl sites for hydroxylation is 1. The van der Waals surface area contributed by atoms with Gasteiger partial charge in [0.2, 0.25) is 5.13 Å². The molecule has 3 aromatic heterocycles. The number of nitrogens with zero attached hydrogens (tertiary/aromatic N) is 4. The molecule has 8 nitrogen and oxygen atoms in total. The molecule has 0 radical (unpaired) electrons. The van der Waals surface area contributed by atoms with E-state index in [2.05, 4.69) is 25.5 Å². The Morgan fingerprint density at radius 3 is 2.68 bits per heavy atom. The van der Waals surface area contributed by atoms with Crippen molar-refractivity contribution >= 4 is 34.0 Å². The Morgan fingerprint density at radius 2 is 1.96 bits per heavy atom. The molecule has 0 fully saturated rings. The fourth-order valence-corrected chi connectivity index (χ4v) is 3.39. The maximum absolute atomic E-state index is 12.9. The van der Waals surface area contributed by atoms with Crippen molar-refractivity contribution in [3.8, 4) is 16.9 Å². The fourth-order valence-electron chi connectivity index (χ4n) is 2.47. The Hall–Kier alpha value is -2.62. The first kappa shape index (κ1) is 20.1. The summed E-state index contributed by atoms with van der Waals surface area (Å²) in [5.41, 5.74) is 2.36. The average molecular weight is 420 g/mol. The lowest BCUT2D eigenvalue weighted by Gasteiger charge is -2.13. The first-order valence-electron chi connectivity index (χ1n) is 8.27. The summed E-state index contributed by atoms with van der Waals surface area (Å²) in [6.07, 6.45) is 2.81. The standard InChI is InChI=1S/C18H18ClN5O3S/c1-9-5-11(12-6-15(19)21-8-14(12)27-4)13(7-20-9)16(25)22-18-24-23-17(28-18)10(2)26-3/h5-8,10H,1-4H3,(H,22,24,25). The van der Waals surface area contributed by atoms with Crippen molar-refractivity contribution < 1.29 is 14.3 Å². The lowest BCUT2D eigenvalue weighted by molar-refractivity contribution is 0.102. The maximum atomic E-state index is 12.9. The molecule has 3 rings (SSSR count). The second-order valence-corrected chi connectivity index (χ2v) is 7.25. The zero-order chi connectivity index (χ0) is 20.3. The smallest absolute Gasteiger partial charge is 0.259 e. The topological polar surface area (TPSA) is 99.1 Å². The summed E-state index contributed by atoms with van der Waals surface area (Å²) >= 11 is 7.31. The van der Waals surface area contributed by atoms with Gasteiger partial charge in [0.15, 0.2) is 0 Å². The lowest BCUT2D eigenvalue weighted by Crippen LogP contribution is -2.14. The van der Waals surface area contributed by atoms with Crippen LogP contribution in [0.25, 0.3) is 11.1 Å². The van der Waals surface area contributed by atoms with E-state index in [0.717, 1.165) is 5.69 Å². The highest BCUT2D eigenvalue weighted by Gasteiger charge is 2.20. The molecule has 146 valence electrons. The quantitative estimate of drug-likeness (QED) is 0.604. The van der Waals surface area contributed by atoms with Crippen LogP contribution in [0.15, 0.2) is 24.5 Å². The van der Waals surface area contributed by atoms with Gasteiger partial charge in [0.05, 0.1) is 18.9 Å². The molecule has 0 saturated heterocycles. The molecular weight excluding hydrogens is 402 g/mol. The second kappa shape index (κ2) is 8.59. The van der Waals surface area contributed by atoms with Crippen molar-refractivity contribution in [2.75, 3.05) is 19.5 Å². The predicted octanol–water partition coefficient (Wildman–Crippen LogP) is 3.93. The van der Waals surface area contributed by atoms with E-state index in [1.807, 2.05) is 13.8 Å². The minimum Gasteiger partial charge on any atom is -0.494 e. The summed E-state index contributed by atoms with van der Waals surface area (Å²) in [6, 6.07) is 3.44. The molecule has 0 saturated carbocycles. The molecule has 0 aromatic carbocycles. The number of amides is 1. The van der Waals surface area contributed by atoms with E-state index >= 15 is 0 Å². The molecule has 0 spiro atoms. The van der Waals surface area contributed by atoms with Gasteiger partial charge in [-0.05, 0) is 26.0 Å². The zero-order valence-electron chi connectivity index (χ0n) is 15.7. The van der Waals surface area contributed by atoms with Crippen molar-refractivity contribution in [3.05, 3.63) is 45.9 Å². The van der Waals surface area contributed by atoms with Gasteiger partial charge >= 0.3 is 0 Å². The fraction of sp³-hybridized carbons (Fsp3) is 0.278. The summed E-state index contributed by atoms with van der Waals surface area (Å²) in [7, 11) is 3.11. The second-order valence-electron chi connectivity index (χ2n) is 5.86. The Balaban J connectivity index is 1.98. The van der Waals surface area contributed by atoms with E-state index in [9.17, 15) is 4.79 Å². The van der Waals surface area contributed by atoms with Crippen molar-refractivity contribution in [2.45, 2.75) is 20.0 Å². The molecular formula is C18H18ClN5O3S. The lowest BCUT2D eigenvalue weighted by atomic mass is 10.0. The van der Waals surface area contributed by atoms with E-state index in [1.165, 1.54) is 30.8 Å². The average Bonchev–Trinajstić information content (AvgIpc) is 3.15. The number of nitrogens with one attached hydrogen (secondary N) is 1. The van der Waals surface area contributed by atoms with E-state index in [0.29, 0.717) is 37.7 Å². The highest BCUT2D eigenvalue weighted by atomic mass is 35.5. The number of halogens is 1. The predicted molar refractivity (Wildman–Crippen MR) is 107 cm³/mol. The zero-order valence-corrected chi connectivity index (χ0v) is 17.3. The van der Waals surface area contributed by atoms with Crippen LogP contribution in [0.4, 0.5) is 5.13 Å². The highest BCUT2D eigenvalue weighted by molar-refractivity contribution is 7.15. The first-order valence-corrected chi connectivity index (χ1v) is 9.46. The number of rotatable bonds is 6. The van der Waals surface area contributed by atoms with Crippen molar-refractivity contribution in [3.63, 3.8) is 0 Å². The number of anilines is 1. The number of methoxy groups -OCH3 is 2. The largest absolute Gasteiger partial charge is 0.494 e. The number of carbonyl (C=O) groups excluding carboxylic acids is 1. The number of aromatic nitrogens is 4. The van der Waals surface area contributed by atoms with Crippen molar-refractivity contribution in [2.24, 2.45) is 0 Å². The van der Waals surface area contributed by atoms with Crippen LogP contribution >= 0.6 is 22.9 Å². The third-order valence-electron chi connectivity index (χ3n) is 3.99. The third kappa shape index (κ3) is 4.27. The minimum atomic E-state index is -0.370. The summed E-state index contributed by atoms with van der Waals surface area (Å²) < 4.78 is 10.6. The molecule has 0 aliphatic heterocycles. The van der Waals surface area contributed by atoms with Crippen LogP contribution in [-0.2, 0) is 4.74 Å². The van der Waals surface area contributed by atoms with Gasteiger partial charge in [-0.25, -0.2) is 4.98 Å². The summed E-state index contributed by atoms with van der Waals surface area (Å²) in [6.45, 7) is 3.69. The van der Waals surface area contributed by atoms with Crippen LogP contribution in [-0.4, -0.2) is 40.3 Å². The van der Waals surface area contributed by atoms with Gasteiger partial charge in [0, 0.05) is 30.1 Å². The molecule has 3 heterocycles. The Morgan fingerprint density at radius 1 is 1.18 bits per heavy atom. The van der Waals surface area contributed by atoms with Gasteiger partial charge in [-0.2, -0.15) is 0 Å². The van der Waals surface area contributed by atoms with Crippen LogP contribution in [0.1, 0.15) is 34.1 Å². The SMILES string of the molecule is COc1cnc(Cl)cc1-c1cc(C)ncc1C(=O)Nc1nnc(C(C)OC)s1. The van der Waals surface area contributed by atoms with Crippen molar-refractivity contribution in [1.82, 2.24) is 20.2 Å². The first-order chi connectivity index (χ1) is 13.4. The van der Waals surface area contributed by atoms with Gasteiger partial charge in [-0.15, -0.1) is 10.2 Å². The van der Waals surface area contributed by atoms with Gasteiger partial charge in [0.25, 0.3) is 5.91 Å². The molecule has 0 aliphatic rings. The molecule has 1 atom stereocenters. The number of hydrogen-bond donors (Lipinski definition) is 1. The van der Waals surface area contributed by atoms with Crippen LogP contribution in [0, 0.1) is 6.92 Å². The molecule has 28 heavy (non-hydrogen) atoms. The molecule has 1 unspecified atom stereocenters. The summed E-state index contributed by atoms with van der Waals surface area (Å²) in [4.78, 5) is 21.2. The molecule has 10 heteroatoms. The minimum absolute atomic E-state index is 0.206. The van der Waals surface area contributed by atoms with Gasteiger partial charge < -0.3 is 9.47 Å². The van der Waals surface area contributed by atoms with E-state index < -0.39 is 0 Å². The van der Waals surface area contributed by atoms with E-state index in [-0.39, 0.29) is 12.0 Å². The monoisotopic (exact) mass is 419 g/mol. The van der Waals surface area contributed by atoms with Crippen LogP contribution in [0.5, 0.6) is 5.75 Å². The van der Waals surface area contributed by atoms with Crippen LogP contribution in [0.3, 0.4) is 0 Å². The molecule has 1 amide bonds.